The third-order valence-electron chi connectivity index (χ3n) is 30.3. The SMILES string of the molecule is CCCCCCCCCCN(C(=O)CCCN1CCCC1)C(CCCCCC(=O)OCC(CCCCCC)CCCCCCCC)CCCCCC(=O)OCC(CCCCCCCC)CCCC(CC)CCCCC(CCCCCC)COC(=O)CCCCCCCCC(CCCCCCCCC(=O)OCC(CCCC)CCCCCC)N(CCCCCCCCC)C(=O)CCN(C)C. The Labute approximate surface area is 834 Å². The van der Waals surface area contributed by atoms with Crippen LogP contribution in [0.1, 0.15) is 615 Å². The minimum absolute atomic E-state index is 0.0135. The smallest absolute Gasteiger partial charge is 0.305 e. The monoisotopic (exact) mass is 1890 g/mol. The van der Waals surface area contributed by atoms with Gasteiger partial charge in [0.1, 0.15) is 0 Å². The third kappa shape index (κ3) is 81.3. The molecule has 7 unspecified atom stereocenters. The van der Waals surface area contributed by atoms with Crippen LogP contribution in [0.5, 0.6) is 0 Å². The van der Waals surface area contributed by atoms with Crippen LogP contribution in [0.15, 0.2) is 0 Å². The topological polar surface area (TPSA) is 152 Å². The maximum Gasteiger partial charge on any atom is 0.305 e. The summed E-state index contributed by atoms with van der Waals surface area (Å²) >= 11 is 0. The summed E-state index contributed by atoms with van der Waals surface area (Å²) in [5.74, 6) is 3.05. The van der Waals surface area contributed by atoms with Crippen molar-refractivity contribution in [1.82, 2.24) is 19.6 Å². The molecular formula is C120H232N4O10. The molecular weight excluding hydrogens is 1660 g/mol. The Bertz CT molecular complexity index is 2550. The second kappa shape index (κ2) is 98.5. The highest BCUT2D eigenvalue weighted by molar-refractivity contribution is 5.77. The lowest BCUT2D eigenvalue weighted by Gasteiger charge is -2.33. The zero-order valence-electron chi connectivity index (χ0n) is 91.8. The molecule has 7 atom stereocenters. The molecule has 2 amide bonds. The Kier molecular flexibility index (Phi) is 94.7. The van der Waals surface area contributed by atoms with E-state index < -0.39 is 0 Å². The van der Waals surface area contributed by atoms with Crippen LogP contribution in [0.4, 0.5) is 0 Å². The molecule has 0 aromatic heterocycles. The van der Waals surface area contributed by atoms with Gasteiger partial charge in [-0.2, -0.15) is 0 Å². The highest BCUT2D eigenvalue weighted by Gasteiger charge is 2.27. The van der Waals surface area contributed by atoms with Crippen molar-refractivity contribution in [3.8, 4) is 0 Å². The van der Waals surface area contributed by atoms with Crippen molar-refractivity contribution in [2.75, 3.05) is 79.8 Å². The predicted molar refractivity (Wildman–Crippen MR) is 575 cm³/mol. The highest BCUT2D eigenvalue weighted by atomic mass is 16.5. The standard InChI is InChI=1S/C120H232N4O10/c1-12-21-29-36-40-46-54-72-101-123(115(125)92-77-100-122-98-74-75-99-122)113(90-64-55-68-95-119(129)132-105-110(81-58-34-26-17-6)83-60-47-38-31-23-14-3)91-65-56-69-96-120(130)134-107-112(84-61-48-39-32-24-15-4)87-76-86-108(20-9)79-70-71-85-111(82-59-35-27-18-7)106-133-118(128)94-67-52-44-42-50-63-89-114(124(116(126)97-103-121(10)11)102-73-53-45-37-30-22-13-2)88-62-49-41-43-51-66-93-117(127)131-104-109(78-28-19-8)80-57-33-25-16-5/h108-114H,12-107H2,1-11H3. The van der Waals surface area contributed by atoms with E-state index in [1.807, 2.05) is 0 Å². The fourth-order valence-corrected chi connectivity index (χ4v) is 21.0. The predicted octanol–water partition coefficient (Wildman–Crippen LogP) is 35.2. The molecule has 1 saturated heterocycles. The molecule has 0 saturated carbocycles. The van der Waals surface area contributed by atoms with E-state index in [1.165, 1.54) is 340 Å². The van der Waals surface area contributed by atoms with Crippen molar-refractivity contribution < 1.29 is 47.7 Å². The van der Waals surface area contributed by atoms with Gasteiger partial charge in [0.2, 0.25) is 11.8 Å². The number of carbonyl (C=O) groups excluding carboxylic acids is 6. The molecule has 134 heavy (non-hydrogen) atoms. The summed E-state index contributed by atoms with van der Waals surface area (Å²) in [7, 11) is 4.15. The highest BCUT2D eigenvalue weighted by Crippen LogP contribution is 2.31. The van der Waals surface area contributed by atoms with Crippen LogP contribution in [-0.2, 0) is 47.7 Å². The molecule has 792 valence electrons. The number of esters is 4. The first-order valence-corrected chi connectivity index (χ1v) is 60.2. The molecule has 14 nitrogen and oxygen atoms in total. The fourth-order valence-electron chi connectivity index (χ4n) is 21.0. The Morgan fingerprint density at radius 1 is 0.224 bits per heavy atom. The van der Waals surface area contributed by atoms with E-state index in [4.69, 9.17) is 18.9 Å². The summed E-state index contributed by atoms with van der Waals surface area (Å²) in [6.07, 6.45) is 97.4. The van der Waals surface area contributed by atoms with Gasteiger partial charge < -0.3 is 38.5 Å². The van der Waals surface area contributed by atoms with Gasteiger partial charge in [-0.3, -0.25) is 28.8 Å². The van der Waals surface area contributed by atoms with Crippen molar-refractivity contribution in [3.63, 3.8) is 0 Å². The van der Waals surface area contributed by atoms with E-state index in [9.17, 15) is 28.8 Å². The van der Waals surface area contributed by atoms with E-state index in [1.54, 1.807) is 0 Å². The Morgan fingerprint density at radius 3 is 0.746 bits per heavy atom. The lowest BCUT2D eigenvalue weighted by molar-refractivity contribution is -0.146. The lowest BCUT2D eigenvalue weighted by Crippen LogP contribution is -2.42. The van der Waals surface area contributed by atoms with Crippen LogP contribution in [0.2, 0.25) is 0 Å². The average molecular weight is 1890 g/mol. The summed E-state index contributed by atoms with van der Waals surface area (Å²) in [5.41, 5.74) is 0. The van der Waals surface area contributed by atoms with Gasteiger partial charge in [0.25, 0.3) is 0 Å². The van der Waals surface area contributed by atoms with Gasteiger partial charge in [0.05, 0.1) is 26.4 Å². The molecule has 0 aliphatic carbocycles. The van der Waals surface area contributed by atoms with E-state index >= 15 is 0 Å². The largest absolute Gasteiger partial charge is 0.465 e. The minimum Gasteiger partial charge on any atom is -0.465 e. The summed E-state index contributed by atoms with van der Waals surface area (Å²) in [5, 5.41) is 0. The normalized spacial score (nSPS) is 14.0. The van der Waals surface area contributed by atoms with Crippen LogP contribution in [0.3, 0.4) is 0 Å². The number of hydrogen-bond donors (Lipinski definition) is 0. The molecule has 0 aromatic carbocycles. The zero-order chi connectivity index (χ0) is 97.5. The van der Waals surface area contributed by atoms with Gasteiger partial charge in [-0.05, 0) is 198 Å². The molecule has 0 bridgehead atoms. The third-order valence-corrected chi connectivity index (χ3v) is 30.3. The van der Waals surface area contributed by atoms with Gasteiger partial charge in [-0.25, -0.2) is 0 Å². The second-order valence-electron chi connectivity index (χ2n) is 43.3. The van der Waals surface area contributed by atoms with E-state index in [0.717, 1.165) is 213 Å². The number of nitrogens with zero attached hydrogens (tertiary/aromatic N) is 4. The number of likely N-dealkylation sites (tertiary alicyclic amines) is 1. The van der Waals surface area contributed by atoms with Crippen LogP contribution in [0, 0.1) is 29.6 Å². The van der Waals surface area contributed by atoms with Gasteiger partial charge in [-0.1, -0.05) is 441 Å². The van der Waals surface area contributed by atoms with E-state index in [0.29, 0.717) is 106 Å². The molecule has 0 spiro atoms. The molecule has 1 aliphatic heterocycles. The molecule has 1 rings (SSSR count). The van der Waals surface area contributed by atoms with Gasteiger partial charge in [0, 0.05) is 70.2 Å². The van der Waals surface area contributed by atoms with Crippen molar-refractivity contribution >= 4 is 35.7 Å². The van der Waals surface area contributed by atoms with Crippen LogP contribution in [-0.4, -0.2) is 147 Å². The van der Waals surface area contributed by atoms with Crippen molar-refractivity contribution in [1.29, 1.82) is 0 Å². The van der Waals surface area contributed by atoms with Crippen LogP contribution < -0.4 is 0 Å². The molecule has 0 N–H and O–H groups in total. The number of carbonyl (C=O) groups is 6. The minimum atomic E-state index is -0.0454. The number of rotatable bonds is 106. The Morgan fingerprint density at radius 2 is 0.448 bits per heavy atom. The first-order chi connectivity index (χ1) is 65.6. The van der Waals surface area contributed by atoms with Gasteiger partial charge >= 0.3 is 23.9 Å². The summed E-state index contributed by atoms with van der Waals surface area (Å²) < 4.78 is 24.3. The van der Waals surface area contributed by atoms with Gasteiger partial charge in [-0.15, -0.1) is 0 Å². The number of hydrogen-bond acceptors (Lipinski definition) is 12. The lowest BCUT2D eigenvalue weighted by atomic mass is 9.88. The van der Waals surface area contributed by atoms with Crippen LogP contribution >= 0.6 is 0 Å². The number of ether oxygens (including phenoxy) is 4. The van der Waals surface area contributed by atoms with Crippen LogP contribution in [0.25, 0.3) is 0 Å². The molecule has 14 heteroatoms. The number of unbranched alkanes of at least 4 members (excludes halogenated alkanes) is 48. The van der Waals surface area contributed by atoms with Crippen molar-refractivity contribution in [2.45, 2.75) is 627 Å². The first-order valence-electron chi connectivity index (χ1n) is 60.2. The average Bonchev–Trinajstić information content (AvgIpc) is 1.20. The first kappa shape index (κ1) is 129. The van der Waals surface area contributed by atoms with Crippen molar-refractivity contribution in [2.24, 2.45) is 29.6 Å². The molecule has 0 radical (unpaired) electrons. The fraction of sp³-hybridized carbons (Fsp3) is 0.950. The van der Waals surface area contributed by atoms with Gasteiger partial charge in [0.15, 0.2) is 0 Å². The summed E-state index contributed by atoms with van der Waals surface area (Å²) in [6, 6.07) is 0.461. The quantitative estimate of drug-likeness (QED) is 0.0324. The maximum absolute atomic E-state index is 14.6. The van der Waals surface area contributed by atoms with Crippen molar-refractivity contribution in [3.05, 3.63) is 0 Å². The van der Waals surface area contributed by atoms with E-state index in [-0.39, 0.29) is 36.0 Å². The van der Waals surface area contributed by atoms with E-state index in [2.05, 4.69) is 96.0 Å². The summed E-state index contributed by atoms with van der Waals surface area (Å²) in [4.78, 5) is 91.3. The Balaban J connectivity index is 2.93. The summed E-state index contributed by atoms with van der Waals surface area (Å²) in [6.45, 7) is 28.7. The molecule has 1 fully saturated rings. The molecule has 1 heterocycles. The Hall–Kier alpha value is -3.26. The molecule has 1 aliphatic rings. The number of amides is 2. The molecule has 0 aromatic rings. The zero-order valence-corrected chi connectivity index (χ0v) is 91.8. The maximum atomic E-state index is 14.6. The second-order valence-corrected chi connectivity index (χ2v) is 43.3.